The molecular weight excluding hydrogens is 217 g/mol. The summed E-state index contributed by atoms with van der Waals surface area (Å²) in [4.78, 5) is 1.93. The summed E-state index contributed by atoms with van der Waals surface area (Å²) in [5.74, 6) is 0.000371. The highest BCUT2D eigenvalue weighted by Crippen LogP contribution is 2.18. The van der Waals surface area contributed by atoms with Crippen molar-refractivity contribution in [1.82, 2.24) is 0 Å². The van der Waals surface area contributed by atoms with Crippen LogP contribution in [0, 0.1) is 5.82 Å². The van der Waals surface area contributed by atoms with Crippen LogP contribution in [-0.4, -0.2) is 12.2 Å². The molecule has 0 amide bonds. The van der Waals surface area contributed by atoms with E-state index in [4.69, 9.17) is 0 Å². The molecule has 0 aliphatic rings. The molecule has 1 N–H and O–H groups in total. The first-order valence-corrected chi connectivity index (χ1v) is 5.40. The summed E-state index contributed by atoms with van der Waals surface area (Å²) in [6.45, 7) is 0.623. The van der Waals surface area contributed by atoms with Gasteiger partial charge in [0.05, 0.1) is 0 Å². The molecule has 88 valence electrons. The van der Waals surface area contributed by atoms with Crippen molar-refractivity contribution >= 4 is 5.69 Å². The summed E-state index contributed by atoms with van der Waals surface area (Å²) in [7, 11) is 1.89. The summed E-state index contributed by atoms with van der Waals surface area (Å²) in [5, 5.41) is 9.36. The van der Waals surface area contributed by atoms with Crippen molar-refractivity contribution in [3.05, 3.63) is 59.9 Å². The van der Waals surface area contributed by atoms with Crippen LogP contribution >= 0.6 is 0 Å². The van der Waals surface area contributed by atoms with Gasteiger partial charge in [-0.05, 0) is 35.9 Å². The molecule has 0 saturated heterocycles. The van der Waals surface area contributed by atoms with E-state index < -0.39 is 0 Å². The van der Waals surface area contributed by atoms with Gasteiger partial charge < -0.3 is 10.0 Å². The zero-order chi connectivity index (χ0) is 12.3. The highest BCUT2D eigenvalue weighted by Gasteiger charge is 2.03. The second kappa shape index (κ2) is 4.87. The molecule has 2 nitrogen and oxygen atoms in total. The van der Waals surface area contributed by atoms with E-state index in [0.29, 0.717) is 6.54 Å². The van der Waals surface area contributed by atoms with Crippen molar-refractivity contribution in [1.29, 1.82) is 0 Å². The molecule has 0 atom stereocenters. The number of hydrogen-bond donors (Lipinski definition) is 1. The normalized spacial score (nSPS) is 10.2. The van der Waals surface area contributed by atoms with Crippen molar-refractivity contribution in [2.75, 3.05) is 11.9 Å². The Bertz CT molecular complexity index is 513. The van der Waals surface area contributed by atoms with Crippen LogP contribution in [0.3, 0.4) is 0 Å². The number of anilines is 1. The molecule has 0 bridgehead atoms. The molecule has 0 radical (unpaired) electrons. The second-order valence-electron chi connectivity index (χ2n) is 4.01. The Hall–Kier alpha value is -2.03. The Labute approximate surface area is 99.9 Å². The molecule has 2 aromatic carbocycles. The van der Waals surface area contributed by atoms with Crippen LogP contribution < -0.4 is 4.90 Å². The standard InChI is InChI=1S/C14H14FNO/c1-16(13-6-3-5-12(15)9-13)10-11-4-2-7-14(17)8-11/h2-9,17H,10H2,1H3. The zero-order valence-corrected chi connectivity index (χ0v) is 9.60. The van der Waals surface area contributed by atoms with Crippen molar-refractivity contribution in [2.45, 2.75) is 6.54 Å². The van der Waals surface area contributed by atoms with Crippen LogP contribution in [0.15, 0.2) is 48.5 Å². The third-order valence-electron chi connectivity index (χ3n) is 2.58. The molecule has 2 aromatic rings. The van der Waals surface area contributed by atoms with Gasteiger partial charge in [0, 0.05) is 19.3 Å². The molecule has 2 rings (SSSR count). The van der Waals surface area contributed by atoms with Crippen molar-refractivity contribution in [3.8, 4) is 5.75 Å². The number of phenolic OH excluding ortho intramolecular Hbond substituents is 1. The van der Waals surface area contributed by atoms with Gasteiger partial charge in [0.25, 0.3) is 0 Å². The van der Waals surface area contributed by atoms with E-state index >= 15 is 0 Å². The fourth-order valence-corrected chi connectivity index (χ4v) is 1.73. The van der Waals surface area contributed by atoms with Crippen molar-refractivity contribution in [2.24, 2.45) is 0 Å². The van der Waals surface area contributed by atoms with Gasteiger partial charge in [-0.25, -0.2) is 4.39 Å². The predicted molar refractivity (Wildman–Crippen MR) is 66.6 cm³/mol. The first-order chi connectivity index (χ1) is 8.15. The minimum atomic E-state index is -0.245. The Morgan fingerprint density at radius 3 is 2.59 bits per heavy atom. The Balaban J connectivity index is 2.14. The largest absolute Gasteiger partial charge is 0.508 e. The summed E-state index contributed by atoms with van der Waals surface area (Å²) >= 11 is 0. The maximum absolute atomic E-state index is 13.1. The van der Waals surface area contributed by atoms with Gasteiger partial charge in [-0.2, -0.15) is 0 Å². The third kappa shape index (κ3) is 2.97. The van der Waals surface area contributed by atoms with Crippen LogP contribution in [0.2, 0.25) is 0 Å². The minimum Gasteiger partial charge on any atom is -0.508 e. The molecule has 0 aliphatic heterocycles. The number of phenols is 1. The maximum atomic E-state index is 13.1. The van der Waals surface area contributed by atoms with Crippen LogP contribution in [-0.2, 0) is 6.54 Å². The topological polar surface area (TPSA) is 23.5 Å². The van der Waals surface area contributed by atoms with E-state index in [0.717, 1.165) is 11.3 Å². The van der Waals surface area contributed by atoms with Crippen LogP contribution in [0.25, 0.3) is 0 Å². The number of benzene rings is 2. The van der Waals surface area contributed by atoms with Gasteiger partial charge >= 0.3 is 0 Å². The summed E-state index contributed by atoms with van der Waals surface area (Å²) in [6, 6.07) is 13.5. The number of rotatable bonds is 3. The molecular formula is C14H14FNO. The Kier molecular flexibility index (Phi) is 3.28. The molecule has 0 heterocycles. The SMILES string of the molecule is CN(Cc1cccc(O)c1)c1cccc(F)c1. The van der Waals surface area contributed by atoms with E-state index in [-0.39, 0.29) is 11.6 Å². The predicted octanol–water partition coefficient (Wildman–Crippen LogP) is 3.17. The van der Waals surface area contributed by atoms with Crippen LogP contribution in [0.4, 0.5) is 10.1 Å². The number of nitrogens with zero attached hydrogens (tertiary/aromatic N) is 1. The van der Waals surface area contributed by atoms with E-state index in [1.807, 2.05) is 24.1 Å². The molecule has 3 heteroatoms. The van der Waals surface area contributed by atoms with E-state index in [1.54, 1.807) is 24.3 Å². The lowest BCUT2D eigenvalue weighted by molar-refractivity contribution is 0.474. The van der Waals surface area contributed by atoms with E-state index in [9.17, 15) is 9.50 Å². The van der Waals surface area contributed by atoms with Gasteiger partial charge in [-0.1, -0.05) is 18.2 Å². The van der Waals surface area contributed by atoms with Gasteiger partial charge in [0.15, 0.2) is 0 Å². The average molecular weight is 231 g/mol. The van der Waals surface area contributed by atoms with Gasteiger partial charge in [0.2, 0.25) is 0 Å². The monoisotopic (exact) mass is 231 g/mol. The van der Waals surface area contributed by atoms with E-state index in [2.05, 4.69) is 0 Å². The van der Waals surface area contributed by atoms with Crippen LogP contribution in [0.1, 0.15) is 5.56 Å². The van der Waals surface area contributed by atoms with E-state index in [1.165, 1.54) is 12.1 Å². The first kappa shape index (κ1) is 11.5. The second-order valence-corrected chi connectivity index (χ2v) is 4.01. The summed E-state index contributed by atoms with van der Waals surface area (Å²) < 4.78 is 13.1. The Morgan fingerprint density at radius 2 is 1.88 bits per heavy atom. The third-order valence-corrected chi connectivity index (χ3v) is 2.58. The number of aromatic hydroxyl groups is 1. The van der Waals surface area contributed by atoms with Gasteiger partial charge in [-0.3, -0.25) is 0 Å². The maximum Gasteiger partial charge on any atom is 0.125 e. The minimum absolute atomic E-state index is 0.245. The average Bonchev–Trinajstić information content (AvgIpc) is 2.29. The van der Waals surface area contributed by atoms with Crippen LogP contribution in [0.5, 0.6) is 5.75 Å². The zero-order valence-electron chi connectivity index (χ0n) is 9.60. The number of halogens is 1. The molecule has 0 spiro atoms. The molecule has 0 unspecified atom stereocenters. The fraction of sp³-hybridized carbons (Fsp3) is 0.143. The lowest BCUT2D eigenvalue weighted by Gasteiger charge is -2.19. The molecule has 17 heavy (non-hydrogen) atoms. The highest BCUT2D eigenvalue weighted by atomic mass is 19.1. The van der Waals surface area contributed by atoms with Crippen molar-refractivity contribution in [3.63, 3.8) is 0 Å². The van der Waals surface area contributed by atoms with Crippen molar-refractivity contribution < 1.29 is 9.50 Å². The summed E-state index contributed by atoms with van der Waals surface area (Å²) in [6.07, 6.45) is 0. The molecule has 0 aromatic heterocycles. The highest BCUT2D eigenvalue weighted by molar-refractivity contribution is 5.46. The number of hydrogen-bond acceptors (Lipinski definition) is 2. The fourth-order valence-electron chi connectivity index (χ4n) is 1.73. The molecule has 0 fully saturated rings. The summed E-state index contributed by atoms with van der Waals surface area (Å²) in [5.41, 5.74) is 1.80. The lowest BCUT2D eigenvalue weighted by atomic mass is 10.2. The lowest BCUT2D eigenvalue weighted by Crippen LogP contribution is -2.16. The molecule has 0 saturated carbocycles. The molecule has 0 aliphatic carbocycles. The first-order valence-electron chi connectivity index (χ1n) is 5.40. The Morgan fingerprint density at radius 1 is 1.12 bits per heavy atom. The van der Waals surface area contributed by atoms with Gasteiger partial charge in [-0.15, -0.1) is 0 Å². The smallest absolute Gasteiger partial charge is 0.125 e. The van der Waals surface area contributed by atoms with Gasteiger partial charge in [0.1, 0.15) is 11.6 Å². The quantitative estimate of drug-likeness (QED) is 0.877.